The molecule has 1 aliphatic rings. The minimum Gasteiger partial charge on any atom is -0.339 e. The lowest BCUT2D eigenvalue weighted by Gasteiger charge is -2.19. The lowest BCUT2D eigenvalue weighted by atomic mass is 10.1. The highest BCUT2D eigenvalue weighted by atomic mass is 16.2. The molecule has 0 aromatic carbocycles. The summed E-state index contributed by atoms with van der Waals surface area (Å²) in [5.74, 6) is 2.74. The standard InChI is InChI=1S/C12H12N2O/c1-3-9-6-10(8-13-7-9)11-4-5-12(15)14(11)2/h1,6-8,11H,4-5H2,2H3. The predicted molar refractivity (Wildman–Crippen MR) is 56.9 cm³/mol. The topological polar surface area (TPSA) is 33.2 Å². The first-order valence-corrected chi connectivity index (χ1v) is 4.89. The number of pyridine rings is 1. The van der Waals surface area contributed by atoms with Gasteiger partial charge in [0.15, 0.2) is 0 Å². The van der Waals surface area contributed by atoms with Crippen LogP contribution in [0.3, 0.4) is 0 Å². The second kappa shape index (κ2) is 3.74. The quantitative estimate of drug-likeness (QED) is 0.641. The van der Waals surface area contributed by atoms with Crippen molar-refractivity contribution in [2.75, 3.05) is 7.05 Å². The van der Waals surface area contributed by atoms with E-state index in [9.17, 15) is 4.79 Å². The van der Waals surface area contributed by atoms with Crippen LogP contribution in [0.4, 0.5) is 0 Å². The molecule has 3 heteroatoms. The Hall–Kier alpha value is -1.82. The number of rotatable bonds is 1. The van der Waals surface area contributed by atoms with E-state index in [1.54, 1.807) is 17.3 Å². The SMILES string of the molecule is C#Cc1cncc(C2CCC(=O)N2C)c1. The third-order valence-corrected chi connectivity index (χ3v) is 2.80. The summed E-state index contributed by atoms with van der Waals surface area (Å²) in [5, 5.41) is 0. The highest BCUT2D eigenvalue weighted by molar-refractivity contribution is 5.78. The van der Waals surface area contributed by atoms with Crippen LogP contribution in [0, 0.1) is 12.3 Å². The van der Waals surface area contributed by atoms with Gasteiger partial charge in [-0.1, -0.05) is 5.92 Å². The normalized spacial score (nSPS) is 20.4. The molecule has 76 valence electrons. The average Bonchev–Trinajstić information content (AvgIpc) is 2.60. The van der Waals surface area contributed by atoms with Crippen molar-refractivity contribution in [1.82, 2.24) is 9.88 Å². The van der Waals surface area contributed by atoms with Crippen molar-refractivity contribution in [2.24, 2.45) is 0 Å². The Bertz CT molecular complexity index is 433. The van der Waals surface area contributed by atoms with Crippen LogP contribution < -0.4 is 0 Å². The Kier molecular flexibility index (Phi) is 2.42. The minimum atomic E-state index is 0.137. The Morgan fingerprint density at radius 3 is 3.00 bits per heavy atom. The first-order valence-electron chi connectivity index (χ1n) is 4.89. The summed E-state index contributed by atoms with van der Waals surface area (Å²) < 4.78 is 0. The fourth-order valence-electron chi connectivity index (χ4n) is 1.91. The summed E-state index contributed by atoms with van der Waals surface area (Å²) in [5.41, 5.74) is 1.79. The van der Waals surface area contributed by atoms with E-state index in [2.05, 4.69) is 10.9 Å². The molecule has 0 aliphatic carbocycles. The number of carbonyl (C=O) groups is 1. The van der Waals surface area contributed by atoms with Crippen molar-refractivity contribution in [1.29, 1.82) is 0 Å². The molecule has 3 nitrogen and oxygen atoms in total. The summed E-state index contributed by atoms with van der Waals surface area (Å²) in [4.78, 5) is 17.2. The van der Waals surface area contributed by atoms with Crippen LogP contribution in [0.2, 0.25) is 0 Å². The Morgan fingerprint density at radius 1 is 1.60 bits per heavy atom. The molecule has 1 aromatic heterocycles. The van der Waals surface area contributed by atoms with E-state index >= 15 is 0 Å². The molecule has 1 aliphatic heterocycles. The minimum absolute atomic E-state index is 0.137. The highest BCUT2D eigenvalue weighted by Crippen LogP contribution is 2.30. The second-order valence-electron chi connectivity index (χ2n) is 3.71. The van der Waals surface area contributed by atoms with E-state index in [-0.39, 0.29) is 11.9 Å². The van der Waals surface area contributed by atoms with Gasteiger partial charge in [0.2, 0.25) is 5.91 Å². The van der Waals surface area contributed by atoms with E-state index in [0.29, 0.717) is 6.42 Å². The number of hydrogen-bond donors (Lipinski definition) is 0. The molecule has 0 bridgehead atoms. The molecule has 1 atom stereocenters. The van der Waals surface area contributed by atoms with E-state index in [1.807, 2.05) is 13.1 Å². The number of hydrogen-bond acceptors (Lipinski definition) is 2. The van der Waals surface area contributed by atoms with Crippen LogP contribution in [0.5, 0.6) is 0 Å². The molecular formula is C12H12N2O. The fourth-order valence-corrected chi connectivity index (χ4v) is 1.91. The molecule has 2 heterocycles. The fraction of sp³-hybridized carbons (Fsp3) is 0.333. The Labute approximate surface area is 89.1 Å². The van der Waals surface area contributed by atoms with Gasteiger partial charge in [0.05, 0.1) is 6.04 Å². The zero-order valence-electron chi connectivity index (χ0n) is 8.60. The van der Waals surface area contributed by atoms with Crippen LogP contribution in [0.15, 0.2) is 18.5 Å². The maximum absolute atomic E-state index is 11.4. The predicted octanol–water partition coefficient (Wildman–Crippen LogP) is 1.36. The van der Waals surface area contributed by atoms with Gasteiger partial charge in [-0.2, -0.15) is 0 Å². The van der Waals surface area contributed by atoms with Gasteiger partial charge in [-0.3, -0.25) is 9.78 Å². The first kappa shape index (κ1) is 9.72. The summed E-state index contributed by atoms with van der Waals surface area (Å²) in [6.07, 6.45) is 10.2. The number of amides is 1. The summed E-state index contributed by atoms with van der Waals surface area (Å²) in [7, 11) is 1.82. The third-order valence-electron chi connectivity index (χ3n) is 2.80. The van der Waals surface area contributed by atoms with Crippen molar-refractivity contribution < 1.29 is 4.79 Å². The molecule has 1 amide bonds. The molecule has 1 aromatic rings. The molecule has 15 heavy (non-hydrogen) atoms. The van der Waals surface area contributed by atoms with Crippen molar-refractivity contribution in [2.45, 2.75) is 18.9 Å². The van der Waals surface area contributed by atoms with Crippen molar-refractivity contribution in [3.05, 3.63) is 29.6 Å². The Balaban J connectivity index is 2.31. The highest BCUT2D eigenvalue weighted by Gasteiger charge is 2.28. The molecular weight excluding hydrogens is 188 g/mol. The molecule has 0 N–H and O–H groups in total. The van der Waals surface area contributed by atoms with Crippen molar-refractivity contribution in [3.63, 3.8) is 0 Å². The molecule has 1 unspecified atom stereocenters. The van der Waals surface area contributed by atoms with Gasteiger partial charge in [0, 0.05) is 31.4 Å². The summed E-state index contributed by atoms with van der Waals surface area (Å²) in [6.45, 7) is 0. The van der Waals surface area contributed by atoms with Gasteiger partial charge in [-0.15, -0.1) is 6.42 Å². The van der Waals surface area contributed by atoms with Gasteiger partial charge in [0.25, 0.3) is 0 Å². The van der Waals surface area contributed by atoms with Gasteiger partial charge < -0.3 is 4.90 Å². The number of aromatic nitrogens is 1. The van der Waals surface area contributed by atoms with Gasteiger partial charge in [0.1, 0.15) is 0 Å². The Morgan fingerprint density at radius 2 is 2.40 bits per heavy atom. The maximum atomic E-state index is 11.4. The molecule has 1 fully saturated rings. The van der Waals surface area contributed by atoms with Gasteiger partial charge >= 0.3 is 0 Å². The lowest BCUT2D eigenvalue weighted by molar-refractivity contribution is -0.127. The molecule has 0 spiro atoms. The van der Waals surface area contributed by atoms with E-state index < -0.39 is 0 Å². The summed E-state index contributed by atoms with van der Waals surface area (Å²) in [6, 6.07) is 2.06. The van der Waals surface area contributed by atoms with Crippen LogP contribution >= 0.6 is 0 Å². The molecule has 0 radical (unpaired) electrons. The maximum Gasteiger partial charge on any atom is 0.222 e. The molecule has 1 saturated heterocycles. The van der Waals surface area contributed by atoms with Gasteiger partial charge in [-0.25, -0.2) is 0 Å². The summed E-state index contributed by atoms with van der Waals surface area (Å²) >= 11 is 0. The second-order valence-corrected chi connectivity index (χ2v) is 3.71. The third kappa shape index (κ3) is 1.71. The number of carbonyl (C=O) groups excluding carboxylic acids is 1. The zero-order chi connectivity index (χ0) is 10.8. The van der Waals surface area contributed by atoms with E-state index in [0.717, 1.165) is 17.5 Å². The van der Waals surface area contributed by atoms with Crippen LogP contribution in [0.25, 0.3) is 0 Å². The van der Waals surface area contributed by atoms with Crippen LogP contribution in [0.1, 0.15) is 30.0 Å². The van der Waals surface area contributed by atoms with E-state index in [4.69, 9.17) is 6.42 Å². The number of likely N-dealkylation sites (tertiary alicyclic amines) is 1. The van der Waals surface area contributed by atoms with E-state index in [1.165, 1.54) is 0 Å². The largest absolute Gasteiger partial charge is 0.339 e. The van der Waals surface area contributed by atoms with Crippen molar-refractivity contribution in [3.8, 4) is 12.3 Å². The first-order chi connectivity index (χ1) is 7.22. The van der Waals surface area contributed by atoms with Crippen LogP contribution in [-0.2, 0) is 4.79 Å². The van der Waals surface area contributed by atoms with Gasteiger partial charge in [-0.05, 0) is 18.1 Å². The zero-order valence-corrected chi connectivity index (χ0v) is 8.60. The number of terminal acetylenes is 1. The number of nitrogens with zero attached hydrogens (tertiary/aromatic N) is 2. The van der Waals surface area contributed by atoms with Crippen molar-refractivity contribution >= 4 is 5.91 Å². The van der Waals surface area contributed by atoms with Crippen LogP contribution in [-0.4, -0.2) is 22.8 Å². The smallest absolute Gasteiger partial charge is 0.222 e. The molecule has 0 saturated carbocycles. The average molecular weight is 200 g/mol. The molecule has 2 rings (SSSR count). The monoisotopic (exact) mass is 200 g/mol. The lowest BCUT2D eigenvalue weighted by Crippen LogP contribution is -2.22.